The van der Waals surface area contributed by atoms with Gasteiger partial charge in [0.1, 0.15) is 18.3 Å². The zero-order valence-electron chi connectivity index (χ0n) is 25.5. The number of nitrogens with one attached hydrogen (secondary N) is 1. The largest absolute Gasteiger partial charge is 0.497 e. The van der Waals surface area contributed by atoms with E-state index < -0.39 is 39.3 Å². The molecule has 1 N–H and O–H groups in total. The molecule has 3 rings (SSSR count). The summed E-state index contributed by atoms with van der Waals surface area (Å²) in [6.45, 7) is 4.70. The number of carbonyl (C=O) groups is 2. The Morgan fingerprint density at radius 3 is 2.24 bits per heavy atom. The lowest BCUT2D eigenvalue weighted by Gasteiger charge is -2.33. The van der Waals surface area contributed by atoms with Crippen LogP contribution in [-0.4, -0.2) is 56.3 Å². The first-order valence-electron chi connectivity index (χ1n) is 14.3. The molecular weight excluding hydrogens is 643 g/mol. The van der Waals surface area contributed by atoms with Gasteiger partial charge < -0.3 is 15.0 Å². The Hall–Kier alpha value is -3.87. The molecule has 3 aromatic rings. The molecule has 0 radical (unpaired) electrons. The Labute approximate surface area is 273 Å². The molecule has 0 heterocycles. The molecule has 0 aliphatic rings. The van der Waals surface area contributed by atoms with Gasteiger partial charge in [0.25, 0.3) is 15.7 Å². The van der Waals surface area contributed by atoms with Crippen molar-refractivity contribution in [1.82, 2.24) is 10.2 Å². The van der Waals surface area contributed by atoms with Gasteiger partial charge in [0, 0.05) is 40.3 Å². The lowest BCUT2D eigenvalue weighted by Crippen LogP contribution is -2.52. The Bertz CT molecular complexity index is 1620. The number of rotatable bonds is 15. The van der Waals surface area contributed by atoms with E-state index >= 15 is 0 Å². The standard InChI is InChI=1S/C31H36Cl2N4O7S/c1-5-7-17-34-31(39)28(6-2)35(19-25-26(32)9-8-10-27(25)33)30(38)20-36(22-12-14-23(44-4)15-13-22)45(42,43)24-16-11-21(3)29(18-24)37(40)41/h8-16,18,28H,5-7,17,19-20H2,1-4H3,(H,34,39)/t28-/m1/s1. The van der Waals surface area contributed by atoms with E-state index in [0.717, 1.165) is 23.2 Å². The summed E-state index contributed by atoms with van der Waals surface area (Å²) in [4.78, 5) is 39.4. The van der Waals surface area contributed by atoms with Gasteiger partial charge >= 0.3 is 0 Å². The predicted molar refractivity (Wildman–Crippen MR) is 174 cm³/mol. The zero-order valence-corrected chi connectivity index (χ0v) is 27.8. The number of ether oxygens (including phenoxy) is 1. The summed E-state index contributed by atoms with van der Waals surface area (Å²) >= 11 is 12.9. The van der Waals surface area contributed by atoms with Crippen LogP contribution in [-0.2, 0) is 26.2 Å². The highest BCUT2D eigenvalue weighted by atomic mass is 35.5. The molecule has 0 spiro atoms. The van der Waals surface area contributed by atoms with E-state index in [0.29, 0.717) is 17.9 Å². The Morgan fingerprint density at radius 2 is 1.69 bits per heavy atom. The summed E-state index contributed by atoms with van der Waals surface area (Å²) in [5.74, 6) is -0.682. The minimum Gasteiger partial charge on any atom is -0.497 e. The van der Waals surface area contributed by atoms with Crippen molar-refractivity contribution in [3.8, 4) is 5.75 Å². The van der Waals surface area contributed by atoms with Gasteiger partial charge in [-0.05, 0) is 62.2 Å². The molecule has 11 nitrogen and oxygen atoms in total. The van der Waals surface area contributed by atoms with Crippen molar-refractivity contribution in [1.29, 1.82) is 0 Å². The van der Waals surface area contributed by atoms with Crippen molar-refractivity contribution < 1.29 is 27.7 Å². The molecule has 0 fully saturated rings. The first-order valence-corrected chi connectivity index (χ1v) is 16.5. The number of nitro benzene ring substituents is 1. The van der Waals surface area contributed by atoms with Gasteiger partial charge in [-0.3, -0.25) is 24.0 Å². The van der Waals surface area contributed by atoms with Gasteiger partial charge in [-0.25, -0.2) is 8.42 Å². The van der Waals surface area contributed by atoms with Crippen molar-refractivity contribution in [3.63, 3.8) is 0 Å². The molecule has 2 amide bonds. The van der Waals surface area contributed by atoms with Gasteiger partial charge in [0.15, 0.2) is 0 Å². The number of amides is 2. The van der Waals surface area contributed by atoms with E-state index in [1.165, 1.54) is 55.3 Å². The zero-order chi connectivity index (χ0) is 33.3. The van der Waals surface area contributed by atoms with Crippen molar-refractivity contribution in [2.75, 3.05) is 24.5 Å². The molecule has 0 aromatic heterocycles. The minimum absolute atomic E-state index is 0.101. The van der Waals surface area contributed by atoms with Crippen molar-refractivity contribution in [3.05, 3.63) is 92.0 Å². The van der Waals surface area contributed by atoms with Gasteiger partial charge in [-0.1, -0.05) is 55.6 Å². The molecule has 0 aliphatic heterocycles. The van der Waals surface area contributed by atoms with Crippen LogP contribution in [0.4, 0.5) is 11.4 Å². The number of methoxy groups -OCH3 is 1. The Morgan fingerprint density at radius 1 is 1.04 bits per heavy atom. The van der Waals surface area contributed by atoms with Gasteiger partial charge in [0.05, 0.1) is 22.6 Å². The van der Waals surface area contributed by atoms with Crippen molar-refractivity contribution >= 4 is 56.4 Å². The number of halogens is 2. The third-order valence-electron chi connectivity index (χ3n) is 7.21. The van der Waals surface area contributed by atoms with Crippen LogP contribution in [0.5, 0.6) is 5.75 Å². The molecule has 45 heavy (non-hydrogen) atoms. The van der Waals surface area contributed by atoms with Crippen LogP contribution >= 0.6 is 23.2 Å². The number of benzene rings is 3. The van der Waals surface area contributed by atoms with E-state index in [9.17, 15) is 28.1 Å². The number of sulfonamides is 1. The molecule has 1 atom stereocenters. The van der Waals surface area contributed by atoms with Crippen LogP contribution in [0.25, 0.3) is 0 Å². The summed E-state index contributed by atoms with van der Waals surface area (Å²) in [6.07, 6.45) is 1.80. The topological polar surface area (TPSA) is 139 Å². The Kier molecular flexibility index (Phi) is 12.6. The molecular formula is C31H36Cl2N4O7S. The van der Waals surface area contributed by atoms with Crippen LogP contribution in [0.1, 0.15) is 44.2 Å². The number of nitrogens with zero attached hydrogens (tertiary/aromatic N) is 3. The van der Waals surface area contributed by atoms with Gasteiger partial charge in [-0.15, -0.1) is 0 Å². The first kappa shape index (κ1) is 35.6. The second-order valence-electron chi connectivity index (χ2n) is 10.2. The van der Waals surface area contributed by atoms with Crippen LogP contribution in [0.2, 0.25) is 10.0 Å². The maximum atomic E-state index is 14.2. The maximum absolute atomic E-state index is 14.2. The summed E-state index contributed by atoms with van der Waals surface area (Å²) in [7, 11) is -3.10. The van der Waals surface area contributed by atoms with Gasteiger partial charge in [-0.2, -0.15) is 0 Å². The lowest BCUT2D eigenvalue weighted by molar-refractivity contribution is -0.385. The number of hydrogen-bond acceptors (Lipinski definition) is 7. The molecule has 14 heteroatoms. The number of carbonyl (C=O) groups excluding carboxylic acids is 2. The van der Waals surface area contributed by atoms with E-state index in [1.807, 2.05) is 6.92 Å². The summed E-state index contributed by atoms with van der Waals surface area (Å²) in [5, 5.41) is 15.0. The predicted octanol–water partition coefficient (Wildman–Crippen LogP) is 6.14. The highest BCUT2D eigenvalue weighted by Crippen LogP contribution is 2.31. The second kappa shape index (κ2) is 15.9. The summed E-state index contributed by atoms with van der Waals surface area (Å²) in [5.41, 5.74) is 0.376. The lowest BCUT2D eigenvalue weighted by atomic mass is 10.1. The molecule has 3 aromatic carbocycles. The smallest absolute Gasteiger partial charge is 0.273 e. The SMILES string of the molecule is CCCCNC(=O)[C@@H](CC)N(Cc1c(Cl)cccc1Cl)C(=O)CN(c1ccc(OC)cc1)S(=O)(=O)c1ccc(C)c([N+](=O)[O-])c1. The van der Waals surface area contributed by atoms with Crippen molar-refractivity contribution in [2.45, 2.75) is 57.5 Å². The average molecular weight is 680 g/mol. The second-order valence-corrected chi connectivity index (χ2v) is 12.9. The molecule has 0 saturated heterocycles. The minimum atomic E-state index is -4.55. The molecule has 0 saturated carbocycles. The first-order chi connectivity index (χ1) is 21.3. The molecule has 0 bridgehead atoms. The van der Waals surface area contributed by atoms with E-state index in [-0.39, 0.29) is 44.8 Å². The molecule has 242 valence electrons. The number of aryl methyl sites for hydroxylation is 1. The highest BCUT2D eigenvalue weighted by Gasteiger charge is 2.35. The quantitative estimate of drug-likeness (QED) is 0.116. The van der Waals surface area contributed by atoms with E-state index in [1.54, 1.807) is 25.1 Å². The van der Waals surface area contributed by atoms with Crippen molar-refractivity contribution in [2.24, 2.45) is 0 Å². The van der Waals surface area contributed by atoms with Gasteiger partial charge in [0.2, 0.25) is 11.8 Å². The fourth-order valence-electron chi connectivity index (χ4n) is 4.63. The third kappa shape index (κ3) is 8.65. The van der Waals surface area contributed by atoms with Crippen LogP contribution in [0, 0.1) is 17.0 Å². The van der Waals surface area contributed by atoms with Crippen LogP contribution < -0.4 is 14.4 Å². The fraction of sp³-hybridized carbons (Fsp3) is 0.355. The molecule has 0 unspecified atom stereocenters. The average Bonchev–Trinajstić information content (AvgIpc) is 3.01. The number of unbranched alkanes of at least 4 members (excludes halogenated alkanes) is 1. The monoisotopic (exact) mass is 678 g/mol. The highest BCUT2D eigenvalue weighted by molar-refractivity contribution is 7.92. The third-order valence-corrected chi connectivity index (χ3v) is 9.69. The number of nitro groups is 1. The van der Waals surface area contributed by atoms with Crippen LogP contribution in [0.3, 0.4) is 0 Å². The summed E-state index contributed by atoms with van der Waals surface area (Å²) < 4.78 is 34.3. The number of hydrogen-bond donors (Lipinski definition) is 1. The summed E-state index contributed by atoms with van der Waals surface area (Å²) in [6, 6.07) is 13.4. The van der Waals surface area contributed by atoms with E-state index in [4.69, 9.17) is 27.9 Å². The Balaban J connectivity index is 2.14. The number of anilines is 1. The molecule has 0 aliphatic carbocycles. The van der Waals surface area contributed by atoms with E-state index in [2.05, 4.69) is 5.32 Å². The van der Waals surface area contributed by atoms with Crippen LogP contribution in [0.15, 0.2) is 65.6 Å². The maximum Gasteiger partial charge on any atom is 0.273 e. The fourth-order valence-corrected chi connectivity index (χ4v) is 6.58. The normalized spacial score (nSPS) is 11.9.